The number of carbonyl (C=O) groups is 2. The van der Waals surface area contributed by atoms with Crippen molar-refractivity contribution >= 4 is 11.8 Å². The molecule has 1 saturated heterocycles. The maximum atomic E-state index is 12.4. The Morgan fingerprint density at radius 3 is 2.23 bits per heavy atom. The largest absolute Gasteiger partial charge is 0.481 e. The maximum absolute atomic E-state index is 12.4. The molecule has 2 amide bonds. The number of ether oxygens (including phenoxy) is 1. The van der Waals surface area contributed by atoms with E-state index in [2.05, 4.69) is 6.07 Å². The van der Waals surface area contributed by atoms with Gasteiger partial charge in [-0.3, -0.25) is 9.59 Å². The normalized spacial score (nSPS) is 17.1. The quantitative estimate of drug-likeness (QED) is 0.922. The van der Waals surface area contributed by atoms with Crippen molar-refractivity contribution in [2.24, 2.45) is 11.7 Å². The zero-order valence-corrected chi connectivity index (χ0v) is 13.5. The molecular weight excluding hydrogens is 280 g/mol. The van der Waals surface area contributed by atoms with Crippen molar-refractivity contribution in [3.05, 3.63) is 29.3 Å². The van der Waals surface area contributed by atoms with E-state index in [0.29, 0.717) is 31.7 Å². The number of nitrogens with two attached hydrogens (primary N) is 1. The average molecular weight is 304 g/mol. The zero-order chi connectivity index (χ0) is 16.3. The van der Waals surface area contributed by atoms with E-state index in [-0.39, 0.29) is 17.7 Å². The molecule has 22 heavy (non-hydrogen) atoms. The Morgan fingerprint density at radius 1 is 1.18 bits per heavy atom. The van der Waals surface area contributed by atoms with Crippen molar-refractivity contribution < 1.29 is 14.3 Å². The van der Waals surface area contributed by atoms with Gasteiger partial charge in [-0.1, -0.05) is 6.07 Å². The third-order valence-corrected chi connectivity index (χ3v) is 4.06. The highest BCUT2D eigenvalue weighted by Gasteiger charge is 2.29. The summed E-state index contributed by atoms with van der Waals surface area (Å²) >= 11 is 0. The molecule has 2 N–H and O–H groups in total. The summed E-state index contributed by atoms with van der Waals surface area (Å²) < 4.78 is 5.78. The molecule has 1 aromatic rings. The van der Waals surface area contributed by atoms with Crippen molar-refractivity contribution in [3.63, 3.8) is 0 Å². The lowest BCUT2D eigenvalue weighted by Gasteiger charge is -2.32. The number of primary amides is 1. The lowest BCUT2D eigenvalue weighted by molar-refractivity contribution is -0.140. The predicted molar refractivity (Wildman–Crippen MR) is 84.5 cm³/mol. The molecule has 0 aromatic heterocycles. The third-order valence-electron chi connectivity index (χ3n) is 4.06. The van der Waals surface area contributed by atoms with Crippen LogP contribution >= 0.6 is 0 Å². The van der Waals surface area contributed by atoms with Gasteiger partial charge in [0.2, 0.25) is 5.91 Å². The number of nitrogens with zero attached hydrogens (tertiary/aromatic N) is 1. The van der Waals surface area contributed by atoms with Crippen molar-refractivity contribution in [1.82, 2.24) is 4.90 Å². The Bertz CT molecular complexity index is 543. The first-order valence-electron chi connectivity index (χ1n) is 7.70. The summed E-state index contributed by atoms with van der Waals surface area (Å²) in [5, 5.41) is 0. The lowest BCUT2D eigenvalue weighted by Crippen LogP contribution is -2.46. The van der Waals surface area contributed by atoms with Crippen molar-refractivity contribution in [2.75, 3.05) is 13.1 Å². The number of hydrogen-bond acceptors (Lipinski definition) is 3. The molecule has 0 bridgehead atoms. The molecule has 1 aliphatic rings. The first kappa shape index (κ1) is 16.3. The fourth-order valence-corrected chi connectivity index (χ4v) is 2.90. The van der Waals surface area contributed by atoms with Gasteiger partial charge in [0, 0.05) is 19.0 Å². The van der Waals surface area contributed by atoms with Crippen LogP contribution < -0.4 is 10.5 Å². The van der Waals surface area contributed by atoms with Crippen molar-refractivity contribution in [2.45, 2.75) is 39.7 Å². The summed E-state index contributed by atoms with van der Waals surface area (Å²) in [6, 6.07) is 5.92. The standard InChI is InChI=1S/C17H24N2O3/c1-11-8-12(2)10-15(9-11)22-13(3)17(21)19-6-4-14(5-7-19)16(18)20/h8-10,13-14H,4-7H2,1-3H3,(H2,18,20)/t13-/m0/s1. The molecule has 0 spiro atoms. The van der Waals surface area contributed by atoms with Crippen LogP contribution in [-0.2, 0) is 9.59 Å². The van der Waals surface area contributed by atoms with E-state index >= 15 is 0 Å². The number of amides is 2. The molecular formula is C17H24N2O3. The molecule has 120 valence electrons. The molecule has 1 aromatic carbocycles. The van der Waals surface area contributed by atoms with Crippen LogP contribution in [0.1, 0.15) is 30.9 Å². The minimum absolute atomic E-state index is 0.0397. The van der Waals surface area contributed by atoms with Gasteiger partial charge in [0.1, 0.15) is 5.75 Å². The zero-order valence-electron chi connectivity index (χ0n) is 13.5. The highest BCUT2D eigenvalue weighted by Crippen LogP contribution is 2.20. The van der Waals surface area contributed by atoms with Gasteiger partial charge in [-0.2, -0.15) is 0 Å². The van der Waals surface area contributed by atoms with Crippen molar-refractivity contribution in [1.29, 1.82) is 0 Å². The number of likely N-dealkylation sites (tertiary alicyclic amines) is 1. The van der Waals surface area contributed by atoms with Crippen LogP contribution in [-0.4, -0.2) is 35.9 Å². The summed E-state index contributed by atoms with van der Waals surface area (Å²) in [5.41, 5.74) is 7.53. The Balaban J connectivity index is 1.94. The van der Waals surface area contributed by atoms with E-state index in [9.17, 15) is 9.59 Å². The maximum Gasteiger partial charge on any atom is 0.263 e. The molecule has 5 heteroatoms. The van der Waals surface area contributed by atoms with E-state index in [1.165, 1.54) is 0 Å². The summed E-state index contributed by atoms with van der Waals surface area (Å²) in [4.78, 5) is 25.4. The third kappa shape index (κ3) is 4.00. The number of piperidine rings is 1. The van der Waals surface area contributed by atoms with E-state index in [4.69, 9.17) is 10.5 Å². The van der Waals surface area contributed by atoms with Crippen LogP contribution in [0.15, 0.2) is 18.2 Å². The monoisotopic (exact) mass is 304 g/mol. The van der Waals surface area contributed by atoms with Crippen LogP contribution in [0.3, 0.4) is 0 Å². The number of hydrogen-bond donors (Lipinski definition) is 1. The summed E-state index contributed by atoms with van der Waals surface area (Å²) in [7, 11) is 0. The first-order valence-corrected chi connectivity index (χ1v) is 7.70. The lowest BCUT2D eigenvalue weighted by atomic mass is 9.96. The second-order valence-corrected chi connectivity index (χ2v) is 6.09. The van der Waals surface area contributed by atoms with Gasteiger partial charge in [0.05, 0.1) is 0 Å². The number of benzene rings is 1. The second-order valence-electron chi connectivity index (χ2n) is 6.09. The highest BCUT2D eigenvalue weighted by molar-refractivity contribution is 5.82. The van der Waals surface area contributed by atoms with Crippen LogP contribution in [0.5, 0.6) is 5.75 Å². The van der Waals surface area contributed by atoms with Gasteiger partial charge < -0.3 is 15.4 Å². The Kier molecular flexibility index (Phi) is 5.06. The van der Waals surface area contributed by atoms with Gasteiger partial charge in [-0.05, 0) is 56.9 Å². The number of rotatable bonds is 4. The number of carbonyl (C=O) groups excluding carboxylic acids is 2. The van der Waals surface area contributed by atoms with E-state index < -0.39 is 6.10 Å². The molecule has 5 nitrogen and oxygen atoms in total. The SMILES string of the molecule is Cc1cc(C)cc(O[C@@H](C)C(=O)N2CCC(C(N)=O)CC2)c1. The molecule has 1 heterocycles. The predicted octanol–water partition coefficient (Wildman–Crippen LogP) is 1.79. The second kappa shape index (κ2) is 6.81. The first-order chi connectivity index (χ1) is 10.4. The van der Waals surface area contributed by atoms with Gasteiger partial charge in [0.15, 0.2) is 6.10 Å². The topological polar surface area (TPSA) is 72.6 Å². The van der Waals surface area contributed by atoms with Crippen LogP contribution in [0, 0.1) is 19.8 Å². The highest BCUT2D eigenvalue weighted by atomic mass is 16.5. The van der Waals surface area contributed by atoms with Crippen LogP contribution in [0.25, 0.3) is 0 Å². The summed E-state index contributed by atoms with van der Waals surface area (Å²) in [6.07, 6.45) is 0.737. The van der Waals surface area contributed by atoms with Gasteiger partial charge in [0.25, 0.3) is 5.91 Å². The molecule has 0 saturated carbocycles. The summed E-state index contributed by atoms with van der Waals surface area (Å²) in [6.45, 7) is 6.89. The number of aryl methyl sites for hydroxylation is 2. The summed E-state index contributed by atoms with van der Waals surface area (Å²) in [5.74, 6) is 0.291. The Hall–Kier alpha value is -2.04. The van der Waals surface area contributed by atoms with Crippen molar-refractivity contribution in [3.8, 4) is 5.75 Å². The molecule has 0 aliphatic carbocycles. The molecule has 1 atom stereocenters. The van der Waals surface area contributed by atoms with Crippen LogP contribution in [0.2, 0.25) is 0 Å². The fourth-order valence-electron chi connectivity index (χ4n) is 2.90. The molecule has 2 rings (SSSR count). The minimum atomic E-state index is -0.536. The smallest absolute Gasteiger partial charge is 0.263 e. The molecule has 0 radical (unpaired) electrons. The van der Waals surface area contributed by atoms with E-state index in [1.54, 1.807) is 11.8 Å². The van der Waals surface area contributed by atoms with E-state index in [0.717, 1.165) is 11.1 Å². The van der Waals surface area contributed by atoms with E-state index in [1.807, 2.05) is 26.0 Å². The molecule has 0 unspecified atom stereocenters. The molecule has 1 aliphatic heterocycles. The van der Waals surface area contributed by atoms with Gasteiger partial charge in [-0.25, -0.2) is 0 Å². The molecule has 1 fully saturated rings. The fraction of sp³-hybridized carbons (Fsp3) is 0.529. The minimum Gasteiger partial charge on any atom is -0.481 e. The van der Waals surface area contributed by atoms with Crippen LogP contribution in [0.4, 0.5) is 0 Å². The Morgan fingerprint density at radius 2 is 1.73 bits per heavy atom. The van der Waals surface area contributed by atoms with Gasteiger partial charge >= 0.3 is 0 Å². The Labute approximate surface area is 131 Å². The van der Waals surface area contributed by atoms with Gasteiger partial charge in [-0.15, -0.1) is 0 Å². The average Bonchev–Trinajstić information content (AvgIpc) is 2.45.